The van der Waals surface area contributed by atoms with Crippen molar-refractivity contribution in [2.24, 2.45) is 0 Å². The highest BCUT2D eigenvalue weighted by Crippen LogP contribution is 2.49. The molecule has 9 rings (SSSR count). The molecule has 18 nitrogen and oxygen atoms in total. The molecule has 0 radical (unpaired) electrons. The minimum Gasteiger partial charge on any atom is -0.453 e. The molecule has 70 heavy (non-hydrogen) atoms. The normalized spacial score (nSPS) is 23.0. The zero-order valence-electron chi connectivity index (χ0n) is 40.8. The Morgan fingerprint density at radius 1 is 0.729 bits per heavy atom. The van der Waals surface area contributed by atoms with E-state index in [1.165, 1.54) is 28.4 Å². The number of hydrogen-bond acceptors (Lipinski definition) is 13. The molecule has 4 N–H and O–H groups in total. The molecule has 4 aliphatic heterocycles. The van der Waals surface area contributed by atoms with E-state index in [1.54, 1.807) is 24.8 Å². The number of nitrogens with zero attached hydrogens (tertiary/aromatic N) is 6. The molecule has 6 heterocycles. The smallest absolute Gasteiger partial charge is 0.408 e. The van der Waals surface area contributed by atoms with Crippen LogP contribution in [0.1, 0.15) is 119 Å². The summed E-state index contributed by atoms with van der Waals surface area (Å²) in [5.41, 5.74) is 5.10. The number of aromatic amines is 2. The lowest BCUT2D eigenvalue weighted by Gasteiger charge is -2.43. The predicted octanol–water partition coefficient (Wildman–Crippen LogP) is 7.50. The van der Waals surface area contributed by atoms with Gasteiger partial charge in [-0.25, -0.2) is 23.9 Å². The molecule has 5 aromatic rings. The van der Waals surface area contributed by atoms with E-state index < -0.39 is 36.1 Å². The van der Waals surface area contributed by atoms with Crippen molar-refractivity contribution in [1.82, 2.24) is 40.4 Å². The van der Waals surface area contributed by atoms with Crippen LogP contribution in [-0.2, 0) is 28.5 Å². The molecule has 2 aromatic heterocycles. The minimum atomic E-state index is -1.50. The summed E-state index contributed by atoms with van der Waals surface area (Å²) in [6, 6.07) is 16.2. The van der Waals surface area contributed by atoms with Gasteiger partial charge in [-0.3, -0.25) is 19.8 Å². The molecular weight excluding hydrogens is 900 g/mol. The van der Waals surface area contributed by atoms with E-state index in [-0.39, 0.29) is 35.9 Å². The number of hydrogen-bond donors (Lipinski definition) is 4. The molecule has 19 heteroatoms. The highest BCUT2D eigenvalue weighted by molar-refractivity contribution is 5.87. The van der Waals surface area contributed by atoms with Gasteiger partial charge in [0.05, 0.1) is 78.3 Å². The molecule has 374 valence electrons. The summed E-state index contributed by atoms with van der Waals surface area (Å²) in [7, 11) is 5.51. The second-order valence-electron chi connectivity index (χ2n) is 19.0. The van der Waals surface area contributed by atoms with Gasteiger partial charge in [-0.15, -0.1) is 0 Å². The third kappa shape index (κ3) is 9.14. The van der Waals surface area contributed by atoms with Gasteiger partial charge in [-0.2, -0.15) is 0 Å². The predicted molar refractivity (Wildman–Crippen MR) is 261 cm³/mol. The summed E-state index contributed by atoms with van der Waals surface area (Å²) in [5.74, 6) is 0.805. The largest absolute Gasteiger partial charge is 0.453 e. The molecule has 0 bridgehead atoms. The first kappa shape index (κ1) is 48.7. The summed E-state index contributed by atoms with van der Waals surface area (Å²) in [6.45, 7) is 6.15. The number of likely N-dealkylation sites (tertiary alicyclic amines) is 2. The number of carbonyl (C=O) groups is 4. The monoisotopic (exact) mass is 964 g/mol. The van der Waals surface area contributed by atoms with Gasteiger partial charge in [0.1, 0.15) is 23.5 Å². The van der Waals surface area contributed by atoms with Crippen molar-refractivity contribution < 1.29 is 42.5 Å². The van der Waals surface area contributed by atoms with Crippen LogP contribution in [0.4, 0.5) is 25.4 Å². The molecule has 0 spiro atoms. The van der Waals surface area contributed by atoms with Gasteiger partial charge in [0, 0.05) is 46.1 Å². The highest BCUT2D eigenvalue weighted by atomic mass is 19.1. The number of H-pyrrole nitrogens is 2. The van der Waals surface area contributed by atoms with Crippen molar-refractivity contribution in [2.75, 3.05) is 64.4 Å². The van der Waals surface area contributed by atoms with E-state index in [4.69, 9.17) is 28.9 Å². The number of alkyl carbamates (subject to hydrolysis) is 2. The van der Waals surface area contributed by atoms with Crippen molar-refractivity contribution in [2.45, 2.75) is 120 Å². The molecule has 1 unspecified atom stereocenters. The molecule has 0 saturated carbocycles. The van der Waals surface area contributed by atoms with Gasteiger partial charge < -0.3 is 48.9 Å². The number of piperidine rings is 1. The van der Waals surface area contributed by atoms with Gasteiger partial charge in [0.15, 0.2) is 11.9 Å². The maximum absolute atomic E-state index is 16.4. The number of rotatable bonds is 15. The number of aldehydes is 1. The van der Waals surface area contributed by atoms with Crippen LogP contribution in [0.3, 0.4) is 0 Å². The summed E-state index contributed by atoms with van der Waals surface area (Å²) >= 11 is 0. The Bertz CT molecular complexity index is 2710. The van der Waals surface area contributed by atoms with Crippen molar-refractivity contribution in [3.8, 4) is 0 Å². The standard InChI is InChI=1S/C51H65FN10O8/c1-30(67-3)45(57-49(65)69-5)48(64)60-24-10-12-43(60)46-53-36-17-14-32(26-38(36)55-46)40-20-21-41(62(40)34-16-19-42(35(52)28-34)59-22-8-7-9-23-59)33-15-18-37-39(27-33)56-47(54-37)44-13-11-25-61(44)51(29-63,31(2)68-4)58-50(66)70-6/h14-19,26-31,40-41,43-45H,7-13,20-25H2,1-6H3,(H,53,55)(H,54,56)(H,57,65)(H,58,66)/t30-,31-,40?,41+,43+,44+,45+,51-/m1/s1. The van der Waals surface area contributed by atoms with E-state index in [9.17, 15) is 19.2 Å². The first-order valence-corrected chi connectivity index (χ1v) is 24.5. The van der Waals surface area contributed by atoms with E-state index in [1.807, 2.05) is 29.2 Å². The van der Waals surface area contributed by atoms with Gasteiger partial charge in [0.2, 0.25) is 5.91 Å². The molecule has 4 saturated heterocycles. The maximum Gasteiger partial charge on any atom is 0.408 e. The second-order valence-corrected chi connectivity index (χ2v) is 19.0. The average molecular weight is 965 g/mol. The van der Waals surface area contributed by atoms with Crippen molar-refractivity contribution in [3.05, 3.63) is 83.2 Å². The Morgan fingerprint density at radius 2 is 1.34 bits per heavy atom. The van der Waals surface area contributed by atoms with E-state index in [0.717, 1.165) is 96.9 Å². The summed E-state index contributed by atoms with van der Waals surface area (Å²) < 4.78 is 37.3. The maximum atomic E-state index is 16.4. The van der Waals surface area contributed by atoms with Crippen LogP contribution in [0.5, 0.6) is 0 Å². The fourth-order valence-electron chi connectivity index (χ4n) is 11.4. The summed E-state index contributed by atoms with van der Waals surface area (Å²) in [4.78, 5) is 77.2. The van der Waals surface area contributed by atoms with Crippen molar-refractivity contribution in [1.29, 1.82) is 0 Å². The van der Waals surface area contributed by atoms with Gasteiger partial charge >= 0.3 is 12.2 Å². The van der Waals surface area contributed by atoms with Crippen LogP contribution >= 0.6 is 0 Å². The Balaban J connectivity index is 1.04. The number of benzene rings is 3. The van der Waals surface area contributed by atoms with Gasteiger partial charge in [-0.1, -0.05) is 12.1 Å². The number of carbonyl (C=O) groups excluding carboxylic acids is 4. The number of ether oxygens (including phenoxy) is 4. The van der Waals surface area contributed by atoms with Crippen LogP contribution in [0.2, 0.25) is 0 Å². The molecule has 4 aliphatic rings. The molecule has 3 amide bonds. The van der Waals surface area contributed by atoms with Crippen LogP contribution in [0.25, 0.3) is 22.1 Å². The number of fused-ring (bicyclic) bond motifs is 2. The third-order valence-electron chi connectivity index (χ3n) is 15.2. The van der Waals surface area contributed by atoms with Gasteiger partial charge in [0.25, 0.3) is 0 Å². The van der Waals surface area contributed by atoms with Gasteiger partial charge in [-0.05, 0) is 125 Å². The molecule has 0 aliphatic carbocycles. The SMILES string of the molecule is COC(=O)N[C@H](C(=O)N1CCC[C@H]1c1nc2cc(C3CC[C@@H](c4ccc5[nH]c([C@@H]6CCCN6[C@@](C=O)(NC(=O)OC)[C@@H](C)OC)nc5c4)N3c3ccc(N4CCCCC4)c(F)c3)ccc2[nH]1)[C@@H](C)OC. The first-order valence-electron chi connectivity index (χ1n) is 24.5. The summed E-state index contributed by atoms with van der Waals surface area (Å²) in [6.07, 6.45) is 5.66. The molecular formula is C51H65FN10O8. The van der Waals surface area contributed by atoms with Crippen LogP contribution < -0.4 is 20.4 Å². The van der Waals surface area contributed by atoms with Crippen molar-refractivity contribution in [3.63, 3.8) is 0 Å². The van der Waals surface area contributed by atoms with Crippen LogP contribution in [0, 0.1) is 5.82 Å². The number of nitrogens with one attached hydrogen (secondary N) is 4. The Hall–Kier alpha value is -6.31. The number of amides is 3. The number of aromatic nitrogens is 4. The zero-order chi connectivity index (χ0) is 49.3. The number of halogens is 1. The fourth-order valence-corrected chi connectivity index (χ4v) is 11.4. The highest BCUT2D eigenvalue weighted by Gasteiger charge is 2.50. The second kappa shape index (κ2) is 20.6. The van der Waals surface area contributed by atoms with E-state index in [0.29, 0.717) is 49.6 Å². The Morgan fingerprint density at radius 3 is 1.93 bits per heavy atom. The summed E-state index contributed by atoms with van der Waals surface area (Å²) in [5, 5.41) is 5.42. The third-order valence-corrected chi connectivity index (χ3v) is 15.2. The lowest BCUT2D eigenvalue weighted by molar-refractivity contribution is -0.137. The Kier molecular flexibility index (Phi) is 14.3. The number of imidazole rings is 2. The average Bonchev–Trinajstić information content (AvgIpc) is 4.25. The molecule has 8 atom stereocenters. The number of methoxy groups -OCH3 is 4. The van der Waals surface area contributed by atoms with E-state index >= 15 is 4.39 Å². The van der Waals surface area contributed by atoms with Crippen molar-refractivity contribution >= 4 is 57.8 Å². The fraction of sp³-hybridized carbons (Fsp3) is 0.529. The lowest BCUT2D eigenvalue weighted by atomic mass is 10.0. The zero-order valence-corrected chi connectivity index (χ0v) is 40.8. The van der Waals surface area contributed by atoms with Crippen LogP contribution in [0.15, 0.2) is 54.6 Å². The Labute approximate surface area is 406 Å². The molecule has 3 aromatic carbocycles. The first-order chi connectivity index (χ1) is 33.9. The minimum absolute atomic E-state index is 0.140. The molecule has 4 fully saturated rings. The van der Waals surface area contributed by atoms with E-state index in [2.05, 4.69) is 54.7 Å². The lowest BCUT2D eigenvalue weighted by Crippen LogP contribution is -2.67. The topological polar surface area (TPSA) is 200 Å². The van der Waals surface area contributed by atoms with Crippen LogP contribution in [-0.4, -0.2) is 133 Å². The quantitative estimate of drug-likeness (QED) is 0.0753. The number of anilines is 2.